The van der Waals surface area contributed by atoms with Crippen molar-refractivity contribution in [3.63, 3.8) is 0 Å². The number of nitrogens with zero attached hydrogens (tertiary/aromatic N) is 2. The molecule has 1 heterocycles. The van der Waals surface area contributed by atoms with E-state index in [1.165, 1.54) is 0 Å². The highest BCUT2D eigenvalue weighted by Crippen LogP contribution is 2.21. The Bertz CT molecular complexity index is 496. The molecule has 14 heavy (non-hydrogen) atoms. The molecule has 0 spiro atoms. The largest absolute Gasteiger partial charge is 0.335 e. The number of thiol groups is 1. The molecule has 5 nitrogen and oxygen atoms in total. The first-order chi connectivity index (χ1) is 6.79. The maximum atomic E-state index is 10.7. The number of benzene rings is 1. The zero-order valence-corrected chi connectivity index (χ0v) is 7.85. The van der Waals surface area contributed by atoms with Crippen molar-refractivity contribution in [2.45, 2.75) is 5.03 Å². The van der Waals surface area contributed by atoms with E-state index >= 15 is 0 Å². The summed E-state index contributed by atoms with van der Waals surface area (Å²) in [6.07, 6.45) is 0. The average molecular weight is 210 g/mol. The predicted molar refractivity (Wildman–Crippen MR) is 48.3 cm³/mol. The van der Waals surface area contributed by atoms with Crippen molar-refractivity contribution < 1.29 is 12.9 Å². The van der Waals surface area contributed by atoms with Crippen LogP contribution in [0.3, 0.4) is 0 Å². The third-order valence-electron chi connectivity index (χ3n) is 1.68. The Morgan fingerprint density at radius 3 is 2.50 bits per heavy atom. The molecule has 2 rings (SSSR count). The van der Waals surface area contributed by atoms with E-state index in [2.05, 4.69) is 10.4 Å². The predicted octanol–water partition coefficient (Wildman–Crippen LogP) is 0.707. The zero-order chi connectivity index (χ0) is 9.97. The normalized spacial score (nSPS) is 10.6. The second-order valence-electron chi connectivity index (χ2n) is 2.55. The van der Waals surface area contributed by atoms with E-state index in [1.54, 1.807) is 24.3 Å². The molecular formula is C8H6N2O3S. The summed E-state index contributed by atoms with van der Waals surface area (Å²) in [5, 5.41) is 6.46. The van der Waals surface area contributed by atoms with Crippen LogP contribution in [0.15, 0.2) is 39.9 Å². The summed E-state index contributed by atoms with van der Waals surface area (Å²) >= 11 is 0. The summed E-state index contributed by atoms with van der Waals surface area (Å²) < 4.78 is 26.2. The van der Waals surface area contributed by atoms with Gasteiger partial charge >= 0.3 is 0 Å². The number of rotatable bonds is 2. The highest BCUT2D eigenvalue weighted by Gasteiger charge is 2.13. The molecule has 2 aromatic rings. The number of aromatic nitrogens is 2. The third-order valence-corrected chi connectivity index (χ3v) is 2.32. The van der Waals surface area contributed by atoms with Crippen molar-refractivity contribution in [3.05, 3.63) is 30.3 Å². The minimum atomic E-state index is -2.77. The molecule has 1 aromatic carbocycles. The Morgan fingerprint density at radius 2 is 1.86 bits per heavy atom. The van der Waals surface area contributed by atoms with Crippen molar-refractivity contribution in [2.24, 2.45) is 0 Å². The minimum absolute atomic E-state index is 0.133. The molecule has 0 amide bonds. The van der Waals surface area contributed by atoms with Crippen LogP contribution in [-0.2, 0) is 10.7 Å². The van der Waals surface area contributed by atoms with Crippen LogP contribution < -0.4 is 0 Å². The average Bonchev–Trinajstić information content (AvgIpc) is 2.67. The van der Waals surface area contributed by atoms with Crippen LogP contribution in [0.25, 0.3) is 11.3 Å². The Labute approximate surface area is 81.3 Å². The van der Waals surface area contributed by atoms with Gasteiger partial charge in [-0.2, -0.15) is 0 Å². The molecule has 0 fully saturated rings. The minimum Gasteiger partial charge on any atom is -0.335 e. The van der Waals surface area contributed by atoms with Gasteiger partial charge in [-0.3, -0.25) is 0 Å². The van der Waals surface area contributed by atoms with E-state index in [4.69, 9.17) is 4.52 Å². The lowest BCUT2D eigenvalue weighted by Gasteiger charge is -1.92. The number of hydrogen-bond donors (Lipinski definition) is 1. The molecule has 0 bridgehead atoms. The van der Waals surface area contributed by atoms with Crippen molar-refractivity contribution >= 4 is 10.7 Å². The molecular weight excluding hydrogens is 204 g/mol. The highest BCUT2D eigenvalue weighted by atomic mass is 32.2. The number of hydrogen-bond acceptors (Lipinski definition) is 5. The van der Waals surface area contributed by atoms with Crippen molar-refractivity contribution in [3.8, 4) is 11.3 Å². The first-order valence-corrected chi connectivity index (χ1v) is 4.99. The molecule has 1 aromatic heterocycles. The monoisotopic (exact) mass is 210 g/mol. The molecule has 0 N–H and O–H groups in total. The summed E-state index contributed by atoms with van der Waals surface area (Å²) in [6, 6.07) is 8.83. The molecule has 6 heteroatoms. The van der Waals surface area contributed by atoms with Gasteiger partial charge in [-0.05, 0) is 0 Å². The summed E-state index contributed by atoms with van der Waals surface area (Å²) in [7, 11) is -2.77. The van der Waals surface area contributed by atoms with E-state index < -0.39 is 10.7 Å². The second kappa shape index (κ2) is 3.59. The molecule has 0 saturated heterocycles. The molecule has 0 aliphatic carbocycles. The fourth-order valence-corrected chi connectivity index (χ4v) is 1.52. The van der Waals surface area contributed by atoms with Crippen LogP contribution in [-0.4, -0.2) is 18.8 Å². The molecule has 0 radical (unpaired) electrons. The standard InChI is InChI=1S/C8H6N2O3S/c11-14(12)8-7(13-10-9-8)6-4-2-1-3-5-6/h1-5,14H. The van der Waals surface area contributed by atoms with Crippen LogP contribution in [0.5, 0.6) is 0 Å². The van der Waals surface area contributed by atoms with Gasteiger partial charge in [0.25, 0.3) is 0 Å². The quantitative estimate of drug-likeness (QED) is 0.739. The smallest absolute Gasteiger partial charge is 0.224 e. The lowest BCUT2D eigenvalue weighted by atomic mass is 10.2. The summed E-state index contributed by atoms with van der Waals surface area (Å²) in [5.41, 5.74) is 0.645. The van der Waals surface area contributed by atoms with E-state index in [0.29, 0.717) is 5.56 Å². The summed E-state index contributed by atoms with van der Waals surface area (Å²) in [5.74, 6) is 0.182. The molecule has 0 atom stereocenters. The van der Waals surface area contributed by atoms with Gasteiger partial charge in [0.1, 0.15) is 0 Å². The summed E-state index contributed by atoms with van der Waals surface area (Å²) in [4.78, 5) is 0. The first kappa shape index (κ1) is 8.89. The van der Waals surface area contributed by atoms with Gasteiger partial charge < -0.3 is 4.52 Å². The van der Waals surface area contributed by atoms with Gasteiger partial charge in [0.2, 0.25) is 10.8 Å². The molecule has 0 saturated carbocycles. The Morgan fingerprint density at radius 1 is 1.14 bits per heavy atom. The van der Waals surface area contributed by atoms with Gasteiger partial charge in [-0.15, -0.1) is 0 Å². The fraction of sp³-hybridized carbons (Fsp3) is 0. The van der Waals surface area contributed by atoms with Gasteiger partial charge in [-0.25, -0.2) is 8.42 Å². The Kier molecular flexibility index (Phi) is 2.28. The van der Waals surface area contributed by atoms with Crippen LogP contribution in [0.2, 0.25) is 0 Å². The van der Waals surface area contributed by atoms with Gasteiger partial charge in [0, 0.05) is 10.8 Å². The lowest BCUT2D eigenvalue weighted by Crippen LogP contribution is -1.84. The van der Waals surface area contributed by atoms with Gasteiger partial charge in [0.15, 0.2) is 10.7 Å². The van der Waals surface area contributed by atoms with Crippen molar-refractivity contribution in [1.29, 1.82) is 0 Å². The molecule has 72 valence electrons. The summed E-state index contributed by atoms with van der Waals surface area (Å²) in [6.45, 7) is 0. The maximum absolute atomic E-state index is 10.7. The van der Waals surface area contributed by atoms with Gasteiger partial charge in [0.05, 0.1) is 0 Å². The van der Waals surface area contributed by atoms with Crippen LogP contribution >= 0.6 is 0 Å². The maximum Gasteiger partial charge on any atom is 0.224 e. The zero-order valence-electron chi connectivity index (χ0n) is 6.95. The van der Waals surface area contributed by atoms with Crippen LogP contribution in [0, 0.1) is 0 Å². The van der Waals surface area contributed by atoms with E-state index in [0.717, 1.165) is 0 Å². The molecule has 0 unspecified atom stereocenters. The third kappa shape index (κ3) is 1.51. The second-order valence-corrected chi connectivity index (χ2v) is 3.49. The SMILES string of the molecule is O=[SH](=O)c1nnoc1-c1ccccc1. The highest BCUT2D eigenvalue weighted by molar-refractivity contribution is 7.72. The molecule has 0 aliphatic heterocycles. The van der Waals surface area contributed by atoms with E-state index in [-0.39, 0.29) is 10.8 Å². The molecule has 0 aliphatic rings. The van der Waals surface area contributed by atoms with Gasteiger partial charge in [-0.1, -0.05) is 35.4 Å². The van der Waals surface area contributed by atoms with Crippen molar-refractivity contribution in [1.82, 2.24) is 10.4 Å². The van der Waals surface area contributed by atoms with Crippen LogP contribution in [0.4, 0.5) is 0 Å². The van der Waals surface area contributed by atoms with E-state index in [1.807, 2.05) is 6.07 Å². The van der Waals surface area contributed by atoms with Crippen LogP contribution in [0.1, 0.15) is 0 Å². The topological polar surface area (TPSA) is 73.1 Å². The Hall–Kier alpha value is -1.69. The van der Waals surface area contributed by atoms with E-state index in [9.17, 15) is 8.42 Å². The first-order valence-electron chi connectivity index (χ1n) is 3.81. The Balaban J connectivity index is 2.58. The lowest BCUT2D eigenvalue weighted by molar-refractivity contribution is 0.403. The fourth-order valence-electron chi connectivity index (χ4n) is 1.08. The van der Waals surface area contributed by atoms with Crippen molar-refractivity contribution in [2.75, 3.05) is 0 Å².